The van der Waals surface area contributed by atoms with E-state index >= 15 is 0 Å². The lowest BCUT2D eigenvalue weighted by Crippen LogP contribution is -2.25. The maximum Gasteiger partial charge on any atom is 0.280 e. The highest BCUT2D eigenvalue weighted by atomic mass is 32.2. The number of oxime groups is 1. The predicted molar refractivity (Wildman–Crippen MR) is 122 cm³/mol. The summed E-state index contributed by atoms with van der Waals surface area (Å²) in [7, 11) is 1.67. The second-order valence-electron chi connectivity index (χ2n) is 6.94. The Hall–Kier alpha value is -1.94. The number of benzene rings is 1. The number of amides is 1. The summed E-state index contributed by atoms with van der Waals surface area (Å²) in [5, 5.41) is 10.9. The fourth-order valence-electron chi connectivity index (χ4n) is 3.08. The van der Waals surface area contributed by atoms with Gasteiger partial charge < -0.3 is 14.9 Å². The van der Waals surface area contributed by atoms with Crippen LogP contribution < -0.4 is 10.6 Å². The van der Waals surface area contributed by atoms with Gasteiger partial charge in [0.15, 0.2) is 10.8 Å². The Labute approximate surface area is 185 Å². The first-order chi connectivity index (χ1) is 14.7. The second-order valence-corrected chi connectivity index (χ2v) is 8.93. The SMILES string of the molecule is COCCNCc1cnc(NC(=O)/C(=N/OC2CCCC2)c2ccc(SC)cc2)s1. The second kappa shape index (κ2) is 12.0. The van der Waals surface area contributed by atoms with E-state index in [0.29, 0.717) is 18.3 Å². The van der Waals surface area contributed by atoms with Crippen molar-refractivity contribution in [3.63, 3.8) is 0 Å². The Morgan fingerprint density at radius 3 is 2.77 bits per heavy atom. The molecule has 1 aliphatic carbocycles. The molecule has 9 heteroatoms. The number of nitrogens with one attached hydrogen (secondary N) is 2. The van der Waals surface area contributed by atoms with Crippen molar-refractivity contribution in [3.8, 4) is 0 Å². The number of ether oxygens (including phenoxy) is 1. The lowest BCUT2D eigenvalue weighted by atomic mass is 10.1. The molecule has 3 rings (SSSR count). The molecule has 0 radical (unpaired) electrons. The van der Waals surface area contributed by atoms with E-state index in [2.05, 4.69) is 20.8 Å². The largest absolute Gasteiger partial charge is 0.392 e. The maximum absolute atomic E-state index is 13.0. The van der Waals surface area contributed by atoms with Gasteiger partial charge in [-0.1, -0.05) is 17.3 Å². The van der Waals surface area contributed by atoms with Crippen LogP contribution in [0.3, 0.4) is 0 Å². The Morgan fingerprint density at radius 1 is 1.30 bits per heavy atom. The number of thioether (sulfide) groups is 1. The Kier molecular flexibility index (Phi) is 9.13. The molecule has 7 nitrogen and oxygen atoms in total. The van der Waals surface area contributed by atoms with E-state index in [0.717, 1.165) is 47.6 Å². The molecule has 1 saturated carbocycles. The van der Waals surface area contributed by atoms with Crippen molar-refractivity contribution in [2.24, 2.45) is 5.16 Å². The van der Waals surface area contributed by atoms with Crippen LogP contribution in [0.4, 0.5) is 5.13 Å². The molecule has 2 N–H and O–H groups in total. The lowest BCUT2D eigenvalue weighted by molar-refractivity contribution is -0.110. The number of hydrogen-bond donors (Lipinski definition) is 2. The Balaban J connectivity index is 1.68. The van der Waals surface area contributed by atoms with Crippen molar-refractivity contribution < 1.29 is 14.4 Å². The molecule has 30 heavy (non-hydrogen) atoms. The molecule has 1 heterocycles. The van der Waals surface area contributed by atoms with E-state index in [1.54, 1.807) is 25.1 Å². The summed E-state index contributed by atoms with van der Waals surface area (Å²) in [4.78, 5) is 25.2. The van der Waals surface area contributed by atoms with E-state index in [1.165, 1.54) is 11.3 Å². The zero-order valence-electron chi connectivity index (χ0n) is 17.3. The smallest absolute Gasteiger partial charge is 0.280 e. The van der Waals surface area contributed by atoms with E-state index in [-0.39, 0.29) is 17.7 Å². The highest BCUT2D eigenvalue weighted by Crippen LogP contribution is 2.23. The van der Waals surface area contributed by atoms with Crippen molar-refractivity contribution in [1.29, 1.82) is 0 Å². The van der Waals surface area contributed by atoms with Crippen molar-refractivity contribution in [3.05, 3.63) is 40.9 Å². The molecular formula is C21H28N4O3S2. The third-order valence-electron chi connectivity index (χ3n) is 4.73. The van der Waals surface area contributed by atoms with Gasteiger partial charge in [0.1, 0.15) is 6.10 Å². The highest BCUT2D eigenvalue weighted by Gasteiger charge is 2.20. The number of carbonyl (C=O) groups excluding carboxylic acids is 1. The third kappa shape index (κ3) is 6.80. The minimum Gasteiger partial charge on any atom is -0.392 e. The molecule has 1 amide bonds. The zero-order chi connectivity index (χ0) is 21.2. The fraction of sp³-hybridized carbons (Fsp3) is 0.476. The van der Waals surface area contributed by atoms with Gasteiger partial charge in [0.05, 0.1) is 6.61 Å². The van der Waals surface area contributed by atoms with Crippen LogP contribution in [-0.4, -0.2) is 49.2 Å². The summed E-state index contributed by atoms with van der Waals surface area (Å²) in [6, 6.07) is 7.75. The molecule has 0 spiro atoms. The maximum atomic E-state index is 13.0. The van der Waals surface area contributed by atoms with Crippen LogP contribution in [0.25, 0.3) is 0 Å². The standard InChI is InChI=1S/C21H28N4O3S2/c1-27-12-11-22-13-18-14-23-21(30-18)24-20(26)19(25-28-16-5-3-4-6-16)15-7-9-17(29-2)10-8-15/h7-10,14,16,22H,3-6,11-13H2,1-2H3,(H,23,24,26)/b25-19+. The van der Waals surface area contributed by atoms with Crippen LogP contribution in [0.1, 0.15) is 36.1 Å². The van der Waals surface area contributed by atoms with Crippen LogP contribution in [-0.2, 0) is 20.9 Å². The monoisotopic (exact) mass is 448 g/mol. The first-order valence-electron chi connectivity index (χ1n) is 10.0. The molecule has 162 valence electrons. The average Bonchev–Trinajstić information content (AvgIpc) is 3.44. The summed E-state index contributed by atoms with van der Waals surface area (Å²) in [6.07, 6.45) is 8.12. The Morgan fingerprint density at radius 2 is 2.07 bits per heavy atom. The van der Waals surface area contributed by atoms with Crippen molar-refractivity contribution in [1.82, 2.24) is 10.3 Å². The quantitative estimate of drug-likeness (QED) is 0.235. The van der Waals surface area contributed by atoms with Gasteiger partial charge in [-0.3, -0.25) is 10.1 Å². The third-order valence-corrected chi connectivity index (χ3v) is 6.39. The molecule has 0 bridgehead atoms. The molecular weight excluding hydrogens is 420 g/mol. The summed E-state index contributed by atoms with van der Waals surface area (Å²) in [6.45, 7) is 2.09. The summed E-state index contributed by atoms with van der Waals surface area (Å²) < 4.78 is 5.02. The number of carbonyl (C=O) groups is 1. The number of rotatable bonds is 11. The number of methoxy groups -OCH3 is 1. The van der Waals surface area contributed by atoms with Crippen LogP contribution in [0.5, 0.6) is 0 Å². The van der Waals surface area contributed by atoms with E-state index < -0.39 is 0 Å². The van der Waals surface area contributed by atoms with Crippen molar-refractivity contribution in [2.45, 2.75) is 43.2 Å². The minimum atomic E-state index is -0.321. The van der Waals surface area contributed by atoms with Gasteiger partial charge >= 0.3 is 0 Å². The molecule has 0 unspecified atom stereocenters. The van der Waals surface area contributed by atoms with Crippen LogP contribution in [0, 0.1) is 0 Å². The van der Waals surface area contributed by atoms with Crippen LogP contribution in [0.15, 0.2) is 40.5 Å². The van der Waals surface area contributed by atoms with Gasteiger partial charge in [-0.05, 0) is 44.1 Å². The Bertz CT molecular complexity index is 833. The van der Waals surface area contributed by atoms with Gasteiger partial charge in [0, 0.05) is 41.7 Å². The molecule has 1 fully saturated rings. The van der Waals surface area contributed by atoms with Gasteiger partial charge in [0.25, 0.3) is 5.91 Å². The number of hydrogen-bond acceptors (Lipinski definition) is 8. The number of anilines is 1. The number of nitrogens with zero attached hydrogens (tertiary/aromatic N) is 2. The first kappa shape index (κ1) is 22.7. The zero-order valence-corrected chi connectivity index (χ0v) is 19.0. The topological polar surface area (TPSA) is 84.8 Å². The molecule has 0 saturated heterocycles. The van der Waals surface area contributed by atoms with E-state index in [1.807, 2.05) is 30.5 Å². The van der Waals surface area contributed by atoms with Gasteiger partial charge in [-0.25, -0.2) is 4.98 Å². The lowest BCUT2D eigenvalue weighted by Gasteiger charge is -2.10. The number of thiazole rings is 1. The molecule has 1 aromatic heterocycles. The van der Waals surface area contributed by atoms with Gasteiger partial charge in [0.2, 0.25) is 0 Å². The van der Waals surface area contributed by atoms with Crippen LogP contribution >= 0.6 is 23.1 Å². The number of aromatic nitrogens is 1. The summed E-state index contributed by atoms with van der Waals surface area (Å²) in [5.41, 5.74) is 0.992. The minimum absolute atomic E-state index is 0.0860. The molecule has 1 aliphatic rings. The first-order valence-corrected chi connectivity index (χ1v) is 12.1. The normalized spacial score (nSPS) is 14.8. The summed E-state index contributed by atoms with van der Waals surface area (Å²) in [5.74, 6) is -0.321. The van der Waals surface area contributed by atoms with Gasteiger partial charge in [-0.15, -0.1) is 23.1 Å². The highest BCUT2D eigenvalue weighted by molar-refractivity contribution is 7.98. The van der Waals surface area contributed by atoms with E-state index in [4.69, 9.17) is 9.57 Å². The van der Waals surface area contributed by atoms with E-state index in [9.17, 15) is 4.79 Å². The average molecular weight is 449 g/mol. The van der Waals surface area contributed by atoms with Crippen molar-refractivity contribution >= 4 is 39.8 Å². The van der Waals surface area contributed by atoms with Crippen LogP contribution in [0.2, 0.25) is 0 Å². The fourth-order valence-corrected chi connectivity index (χ4v) is 4.27. The van der Waals surface area contributed by atoms with Gasteiger partial charge in [-0.2, -0.15) is 0 Å². The molecule has 0 aliphatic heterocycles. The molecule has 1 aromatic carbocycles. The summed E-state index contributed by atoms with van der Waals surface area (Å²) >= 11 is 3.09. The van der Waals surface area contributed by atoms with Crippen molar-refractivity contribution in [2.75, 3.05) is 31.8 Å². The molecule has 0 atom stereocenters. The molecule has 2 aromatic rings. The predicted octanol–water partition coefficient (Wildman–Crippen LogP) is 3.90.